The first kappa shape index (κ1) is 17.6. The number of hydrogen-bond acceptors (Lipinski definition) is 3. The van der Waals surface area contributed by atoms with Crippen LogP contribution >= 0.6 is 0 Å². The molecule has 3 rings (SSSR count). The SMILES string of the molecule is CN(C(=O)[C@@H](O)c1ccccc1)C1CCN(Cc2ccccc2)CC1. The first-order chi connectivity index (χ1) is 12.1. The molecule has 2 aromatic carbocycles. The number of hydrogen-bond donors (Lipinski definition) is 1. The van der Waals surface area contributed by atoms with Crippen LogP contribution in [0, 0.1) is 0 Å². The summed E-state index contributed by atoms with van der Waals surface area (Å²) in [5, 5.41) is 10.3. The molecular formula is C21H26N2O2. The van der Waals surface area contributed by atoms with Gasteiger partial charge in [0.05, 0.1) is 0 Å². The molecule has 1 aliphatic heterocycles. The van der Waals surface area contributed by atoms with Gasteiger partial charge in [0, 0.05) is 32.7 Å². The Bertz CT molecular complexity index is 667. The summed E-state index contributed by atoms with van der Waals surface area (Å²) in [6.45, 7) is 2.90. The minimum atomic E-state index is -1.08. The molecule has 4 heteroatoms. The standard InChI is InChI=1S/C21H26N2O2/c1-22(21(25)20(24)18-10-6-3-7-11-18)19-12-14-23(15-13-19)16-17-8-4-2-5-9-17/h2-11,19-20,24H,12-16H2,1H3/t20-/m0/s1. The van der Waals surface area contributed by atoms with Crippen molar-refractivity contribution >= 4 is 5.91 Å². The number of nitrogens with zero attached hydrogens (tertiary/aromatic N) is 2. The predicted octanol–water partition coefficient (Wildman–Crippen LogP) is 2.84. The van der Waals surface area contributed by atoms with Crippen LogP contribution in [-0.4, -0.2) is 47.0 Å². The van der Waals surface area contributed by atoms with Crippen molar-refractivity contribution in [2.45, 2.75) is 31.5 Å². The fourth-order valence-electron chi connectivity index (χ4n) is 3.46. The van der Waals surface area contributed by atoms with Crippen molar-refractivity contribution in [3.8, 4) is 0 Å². The van der Waals surface area contributed by atoms with E-state index in [-0.39, 0.29) is 11.9 Å². The number of aliphatic hydroxyl groups excluding tert-OH is 1. The van der Waals surface area contributed by atoms with Gasteiger partial charge in [-0.3, -0.25) is 9.69 Å². The summed E-state index contributed by atoms with van der Waals surface area (Å²) in [6, 6.07) is 19.8. The lowest BCUT2D eigenvalue weighted by Crippen LogP contribution is -2.46. The molecule has 1 atom stereocenters. The second-order valence-corrected chi connectivity index (χ2v) is 6.76. The van der Waals surface area contributed by atoms with Crippen LogP contribution in [0.4, 0.5) is 0 Å². The summed E-state index contributed by atoms with van der Waals surface area (Å²) in [4.78, 5) is 16.7. The molecule has 1 N–H and O–H groups in total. The average Bonchev–Trinajstić information content (AvgIpc) is 2.68. The highest BCUT2D eigenvalue weighted by molar-refractivity contribution is 5.82. The van der Waals surface area contributed by atoms with Gasteiger partial charge in [-0.05, 0) is 24.0 Å². The molecule has 0 aromatic heterocycles. The van der Waals surface area contributed by atoms with Gasteiger partial charge in [0.15, 0.2) is 6.10 Å². The van der Waals surface area contributed by atoms with Crippen LogP contribution in [0.3, 0.4) is 0 Å². The number of amides is 1. The van der Waals surface area contributed by atoms with E-state index in [1.807, 2.05) is 31.3 Å². The molecule has 0 aliphatic carbocycles. The molecular weight excluding hydrogens is 312 g/mol. The maximum absolute atomic E-state index is 12.6. The summed E-state index contributed by atoms with van der Waals surface area (Å²) in [7, 11) is 1.81. The Balaban J connectivity index is 1.52. The zero-order chi connectivity index (χ0) is 17.6. The molecule has 0 unspecified atom stereocenters. The second-order valence-electron chi connectivity index (χ2n) is 6.76. The number of piperidine rings is 1. The Morgan fingerprint density at radius 3 is 2.24 bits per heavy atom. The van der Waals surface area contributed by atoms with E-state index in [4.69, 9.17) is 0 Å². The summed E-state index contributed by atoms with van der Waals surface area (Å²) in [6.07, 6.45) is 0.807. The topological polar surface area (TPSA) is 43.8 Å². The van der Waals surface area contributed by atoms with Crippen LogP contribution in [0.15, 0.2) is 60.7 Å². The molecule has 0 radical (unpaired) electrons. The molecule has 1 amide bonds. The van der Waals surface area contributed by atoms with Gasteiger partial charge in [-0.15, -0.1) is 0 Å². The molecule has 1 fully saturated rings. The van der Waals surface area contributed by atoms with Gasteiger partial charge in [-0.25, -0.2) is 0 Å². The second kappa shape index (κ2) is 8.28. The minimum absolute atomic E-state index is 0.192. The van der Waals surface area contributed by atoms with Gasteiger partial charge >= 0.3 is 0 Å². The Labute approximate surface area is 149 Å². The van der Waals surface area contributed by atoms with Crippen molar-refractivity contribution in [1.29, 1.82) is 0 Å². The first-order valence-corrected chi connectivity index (χ1v) is 8.91. The Kier molecular flexibility index (Phi) is 5.84. The van der Waals surface area contributed by atoms with E-state index < -0.39 is 6.10 Å². The minimum Gasteiger partial charge on any atom is -0.378 e. The molecule has 4 nitrogen and oxygen atoms in total. The Hall–Kier alpha value is -2.17. The molecule has 0 saturated carbocycles. The van der Waals surface area contributed by atoms with Crippen molar-refractivity contribution < 1.29 is 9.90 Å². The quantitative estimate of drug-likeness (QED) is 0.912. The molecule has 1 saturated heterocycles. The Morgan fingerprint density at radius 1 is 1.08 bits per heavy atom. The molecule has 1 aliphatic rings. The van der Waals surface area contributed by atoms with E-state index in [0.717, 1.165) is 32.5 Å². The van der Waals surface area contributed by atoms with Gasteiger partial charge in [-0.2, -0.15) is 0 Å². The van der Waals surface area contributed by atoms with Gasteiger partial charge in [0.2, 0.25) is 0 Å². The lowest BCUT2D eigenvalue weighted by Gasteiger charge is -2.37. The van der Waals surface area contributed by atoms with Crippen LogP contribution in [0.5, 0.6) is 0 Å². The number of rotatable bonds is 5. The highest BCUT2D eigenvalue weighted by Gasteiger charge is 2.29. The highest BCUT2D eigenvalue weighted by atomic mass is 16.3. The van der Waals surface area contributed by atoms with Crippen molar-refractivity contribution in [2.75, 3.05) is 20.1 Å². The van der Waals surface area contributed by atoms with Crippen molar-refractivity contribution in [3.05, 3.63) is 71.8 Å². The van der Waals surface area contributed by atoms with Gasteiger partial charge in [0.1, 0.15) is 0 Å². The van der Waals surface area contributed by atoms with Crippen LogP contribution in [0.2, 0.25) is 0 Å². The maximum Gasteiger partial charge on any atom is 0.256 e. The lowest BCUT2D eigenvalue weighted by atomic mass is 10.0. The number of carbonyl (C=O) groups excluding carboxylic acids is 1. The first-order valence-electron chi connectivity index (χ1n) is 8.91. The zero-order valence-corrected chi connectivity index (χ0v) is 14.7. The normalized spacial score (nSPS) is 17.2. The third kappa shape index (κ3) is 4.47. The van der Waals surface area contributed by atoms with E-state index >= 15 is 0 Å². The number of likely N-dealkylation sites (N-methyl/N-ethyl adjacent to an activating group) is 1. The lowest BCUT2D eigenvalue weighted by molar-refractivity contribution is -0.142. The zero-order valence-electron chi connectivity index (χ0n) is 14.7. The maximum atomic E-state index is 12.6. The van der Waals surface area contributed by atoms with E-state index in [2.05, 4.69) is 29.2 Å². The van der Waals surface area contributed by atoms with Crippen LogP contribution in [0.25, 0.3) is 0 Å². The molecule has 2 aromatic rings. The monoisotopic (exact) mass is 338 g/mol. The molecule has 0 spiro atoms. The van der Waals surface area contributed by atoms with Crippen molar-refractivity contribution in [1.82, 2.24) is 9.80 Å². The molecule has 132 valence electrons. The number of benzene rings is 2. The molecule has 25 heavy (non-hydrogen) atoms. The summed E-state index contributed by atoms with van der Waals surface area (Å²) >= 11 is 0. The van der Waals surface area contributed by atoms with E-state index in [1.165, 1.54) is 5.56 Å². The molecule has 1 heterocycles. The van der Waals surface area contributed by atoms with E-state index in [9.17, 15) is 9.90 Å². The summed E-state index contributed by atoms with van der Waals surface area (Å²) in [5.74, 6) is -0.215. The summed E-state index contributed by atoms with van der Waals surface area (Å²) in [5.41, 5.74) is 1.98. The van der Waals surface area contributed by atoms with Gasteiger partial charge in [0.25, 0.3) is 5.91 Å². The number of likely N-dealkylation sites (tertiary alicyclic amines) is 1. The third-order valence-corrected chi connectivity index (χ3v) is 5.05. The van der Waals surface area contributed by atoms with Crippen LogP contribution in [0.1, 0.15) is 30.1 Å². The molecule has 0 bridgehead atoms. The van der Waals surface area contributed by atoms with E-state index in [0.29, 0.717) is 5.56 Å². The number of aliphatic hydroxyl groups is 1. The van der Waals surface area contributed by atoms with Crippen LogP contribution < -0.4 is 0 Å². The fourth-order valence-corrected chi connectivity index (χ4v) is 3.46. The third-order valence-electron chi connectivity index (χ3n) is 5.05. The van der Waals surface area contributed by atoms with Gasteiger partial charge < -0.3 is 10.0 Å². The smallest absolute Gasteiger partial charge is 0.256 e. The van der Waals surface area contributed by atoms with Crippen molar-refractivity contribution in [2.24, 2.45) is 0 Å². The largest absolute Gasteiger partial charge is 0.378 e. The fraction of sp³-hybridized carbons (Fsp3) is 0.381. The average molecular weight is 338 g/mol. The Morgan fingerprint density at radius 2 is 1.64 bits per heavy atom. The van der Waals surface area contributed by atoms with Crippen LogP contribution in [-0.2, 0) is 11.3 Å². The highest BCUT2D eigenvalue weighted by Crippen LogP contribution is 2.21. The van der Waals surface area contributed by atoms with E-state index in [1.54, 1.807) is 17.0 Å². The number of carbonyl (C=O) groups is 1. The predicted molar refractivity (Wildman–Crippen MR) is 98.9 cm³/mol. The van der Waals surface area contributed by atoms with Gasteiger partial charge in [-0.1, -0.05) is 60.7 Å². The van der Waals surface area contributed by atoms with Crippen molar-refractivity contribution in [3.63, 3.8) is 0 Å². The summed E-state index contributed by atoms with van der Waals surface area (Å²) < 4.78 is 0.